The summed E-state index contributed by atoms with van der Waals surface area (Å²) < 4.78 is 0. The maximum Gasteiger partial charge on any atom is -0.0313 e. The molecule has 0 aliphatic carbocycles. The Hall–Kier alpha value is -1.04. The molecule has 0 atom stereocenters. The molecule has 0 bridgehead atoms. The van der Waals surface area contributed by atoms with Gasteiger partial charge < -0.3 is 0 Å². The Labute approximate surface area is 95.1 Å². The first kappa shape index (κ1) is 14.0. The Balaban J connectivity index is 3.33. The SMILES string of the molecule is C/C=C/C=C/C=C/CC/C=C/CCCC. The molecule has 0 aromatic rings. The summed E-state index contributed by atoms with van der Waals surface area (Å²) in [6.07, 6.45) is 23.2. The molecular formula is C15H24. The molecule has 0 radical (unpaired) electrons. The van der Waals surface area contributed by atoms with Gasteiger partial charge in [-0.25, -0.2) is 0 Å². The third kappa shape index (κ3) is 13.0. The van der Waals surface area contributed by atoms with Crippen molar-refractivity contribution in [3.63, 3.8) is 0 Å². The van der Waals surface area contributed by atoms with Crippen molar-refractivity contribution in [3.8, 4) is 0 Å². The van der Waals surface area contributed by atoms with Gasteiger partial charge in [0, 0.05) is 0 Å². The molecule has 0 fully saturated rings. The van der Waals surface area contributed by atoms with E-state index in [9.17, 15) is 0 Å². The predicted molar refractivity (Wildman–Crippen MR) is 71.0 cm³/mol. The maximum atomic E-state index is 2.30. The topological polar surface area (TPSA) is 0 Å². The highest BCUT2D eigenvalue weighted by molar-refractivity contribution is 5.10. The lowest BCUT2D eigenvalue weighted by atomic mass is 10.2. The second-order valence-electron chi connectivity index (χ2n) is 3.53. The summed E-state index contributed by atoms with van der Waals surface area (Å²) >= 11 is 0. The van der Waals surface area contributed by atoms with Gasteiger partial charge in [0.05, 0.1) is 0 Å². The zero-order valence-corrected chi connectivity index (χ0v) is 10.2. The molecule has 0 saturated carbocycles. The number of hydrogen-bond donors (Lipinski definition) is 0. The van der Waals surface area contributed by atoms with E-state index in [1.807, 2.05) is 25.2 Å². The fourth-order valence-corrected chi connectivity index (χ4v) is 1.16. The van der Waals surface area contributed by atoms with Gasteiger partial charge >= 0.3 is 0 Å². The summed E-state index contributed by atoms with van der Waals surface area (Å²) in [5.41, 5.74) is 0. The van der Waals surface area contributed by atoms with Crippen LogP contribution >= 0.6 is 0 Å². The van der Waals surface area contributed by atoms with E-state index in [-0.39, 0.29) is 0 Å². The number of allylic oxidation sites excluding steroid dienone is 8. The van der Waals surface area contributed by atoms with Crippen LogP contribution in [0.4, 0.5) is 0 Å². The van der Waals surface area contributed by atoms with Gasteiger partial charge in [-0.2, -0.15) is 0 Å². The molecule has 0 aliphatic heterocycles. The minimum absolute atomic E-state index is 1.14. The summed E-state index contributed by atoms with van der Waals surface area (Å²) in [6, 6.07) is 0. The quantitative estimate of drug-likeness (QED) is 0.289. The highest BCUT2D eigenvalue weighted by atomic mass is 13.8. The standard InChI is InChI=1S/C15H24/c1-3-5-7-9-11-13-15-14-12-10-8-6-4-2/h3,5,7,9-13H,4,6,8,14-15H2,1-2H3/b5-3+,9-7+,12-10+,13-11+. The van der Waals surface area contributed by atoms with Gasteiger partial charge in [0.1, 0.15) is 0 Å². The van der Waals surface area contributed by atoms with Crippen molar-refractivity contribution in [1.82, 2.24) is 0 Å². The summed E-state index contributed by atoms with van der Waals surface area (Å²) in [7, 11) is 0. The number of hydrogen-bond acceptors (Lipinski definition) is 0. The Morgan fingerprint density at radius 3 is 2.13 bits per heavy atom. The van der Waals surface area contributed by atoms with Crippen LogP contribution in [0.2, 0.25) is 0 Å². The fraction of sp³-hybridized carbons (Fsp3) is 0.467. The first-order valence-corrected chi connectivity index (χ1v) is 6.01. The molecule has 0 rings (SSSR count). The maximum absolute atomic E-state index is 2.30. The molecule has 0 unspecified atom stereocenters. The van der Waals surface area contributed by atoms with Gasteiger partial charge in [0.15, 0.2) is 0 Å². The Bertz CT molecular complexity index is 216. The summed E-state index contributed by atoms with van der Waals surface area (Å²) in [6.45, 7) is 4.25. The second kappa shape index (κ2) is 13.0. The van der Waals surface area contributed by atoms with E-state index in [1.165, 1.54) is 19.3 Å². The first-order valence-electron chi connectivity index (χ1n) is 6.01. The number of unbranched alkanes of at least 4 members (excludes halogenated alkanes) is 3. The zero-order valence-electron chi connectivity index (χ0n) is 10.2. The highest BCUT2D eigenvalue weighted by Crippen LogP contribution is 1.98. The lowest BCUT2D eigenvalue weighted by Crippen LogP contribution is -1.68. The van der Waals surface area contributed by atoms with Crippen LogP contribution in [0.3, 0.4) is 0 Å². The van der Waals surface area contributed by atoms with Crippen LogP contribution in [0, 0.1) is 0 Å². The van der Waals surface area contributed by atoms with Crippen LogP contribution in [-0.4, -0.2) is 0 Å². The van der Waals surface area contributed by atoms with E-state index in [2.05, 4.69) is 37.3 Å². The third-order valence-corrected chi connectivity index (χ3v) is 2.05. The van der Waals surface area contributed by atoms with E-state index in [4.69, 9.17) is 0 Å². The molecule has 0 N–H and O–H groups in total. The summed E-state index contributed by atoms with van der Waals surface area (Å²) in [5.74, 6) is 0. The van der Waals surface area contributed by atoms with Crippen LogP contribution in [0.25, 0.3) is 0 Å². The van der Waals surface area contributed by atoms with Crippen molar-refractivity contribution in [2.24, 2.45) is 0 Å². The molecule has 0 amide bonds. The van der Waals surface area contributed by atoms with Crippen LogP contribution in [0.5, 0.6) is 0 Å². The minimum Gasteiger partial charge on any atom is -0.0885 e. The van der Waals surface area contributed by atoms with Gasteiger partial charge in [-0.3, -0.25) is 0 Å². The lowest BCUT2D eigenvalue weighted by molar-refractivity contribution is 0.811. The molecule has 15 heavy (non-hydrogen) atoms. The molecule has 0 saturated heterocycles. The molecule has 0 aliphatic rings. The zero-order chi connectivity index (χ0) is 11.2. The van der Waals surface area contributed by atoms with Gasteiger partial charge in [-0.15, -0.1) is 0 Å². The van der Waals surface area contributed by atoms with Crippen LogP contribution < -0.4 is 0 Å². The summed E-state index contributed by atoms with van der Waals surface area (Å²) in [5, 5.41) is 0. The molecule has 0 spiro atoms. The molecule has 0 nitrogen and oxygen atoms in total. The third-order valence-electron chi connectivity index (χ3n) is 2.05. The predicted octanol–water partition coefficient (Wildman–Crippen LogP) is 5.20. The molecule has 0 heteroatoms. The molecular weight excluding hydrogens is 180 g/mol. The minimum atomic E-state index is 1.14. The molecule has 0 aromatic heterocycles. The molecule has 0 aromatic carbocycles. The average Bonchev–Trinajstić information content (AvgIpc) is 2.26. The van der Waals surface area contributed by atoms with E-state index in [0.29, 0.717) is 0 Å². The van der Waals surface area contributed by atoms with E-state index in [0.717, 1.165) is 12.8 Å². The first-order chi connectivity index (χ1) is 7.41. The van der Waals surface area contributed by atoms with Gasteiger partial charge in [0.25, 0.3) is 0 Å². The summed E-state index contributed by atoms with van der Waals surface area (Å²) in [4.78, 5) is 0. The van der Waals surface area contributed by atoms with Crippen molar-refractivity contribution < 1.29 is 0 Å². The second-order valence-corrected chi connectivity index (χ2v) is 3.53. The van der Waals surface area contributed by atoms with E-state index >= 15 is 0 Å². The van der Waals surface area contributed by atoms with Crippen molar-refractivity contribution >= 4 is 0 Å². The van der Waals surface area contributed by atoms with Crippen LogP contribution in [-0.2, 0) is 0 Å². The lowest BCUT2D eigenvalue weighted by Gasteiger charge is -1.88. The fourth-order valence-electron chi connectivity index (χ4n) is 1.16. The van der Waals surface area contributed by atoms with E-state index < -0.39 is 0 Å². The monoisotopic (exact) mass is 204 g/mol. The molecule has 0 heterocycles. The normalized spacial score (nSPS) is 12.9. The van der Waals surface area contributed by atoms with E-state index in [1.54, 1.807) is 0 Å². The van der Waals surface area contributed by atoms with Crippen molar-refractivity contribution in [2.45, 2.75) is 46.0 Å². The van der Waals surface area contributed by atoms with Crippen molar-refractivity contribution in [1.29, 1.82) is 0 Å². The largest absolute Gasteiger partial charge is 0.0885 e. The molecule has 84 valence electrons. The van der Waals surface area contributed by atoms with Crippen LogP contribution in [0.1, 0.15) is 46.0 Å². The average molecular weight is 204 g/mol. The highest BCUT2D eigenvalue weighted by Gasteiger charge is 1.78. The van der Waals surface area contributed by atoms with Crippen molar-refractivity contribution in [3.05, 3.63) is 48.6 Å². The van der Waals surface area contributed by atoms with Gasteiger partial charge in [-0.1, -0.05) is 68.4 Å². The number of rotatable bonds is 8. The van der Waals surface area contributed by atoms with Crippen molar-refractivity contribution in [2.75, 3.05) is 0 Å². The van der Waals surface area contributed by atoms with Gasteiger partial charge in [-0.05, 0) is 26.2 Å². The van der Waals surface area contributed by atoms with Crippen LogP contribution in [0.15, 0.2) is 48.6 Å². The van der Waals surface area contributed by atoms with Gasteiger partial charge in [0.2, 0.25) is 0 Å². The Kier molecular flexibility index (Phi) is 12.1. The Morgan fingerprint density at radius 2 is 1.40 bits per heavy atom. The smallest absolute Gasteiger partial charge is 0.0313 e. The Morgan fingerprint density at radius 1 is 0.733 bits per heavy atom.